The molecule has 0 saturated heterocycles. The third-order valence-corrected chi connectivity index (χ3v) is 4.56. The van der Waals surface area contributed by atoms with E-state index in [0.29, 0.717) is 30.0 Å². The molecule has 7 heteroatoms. The molecule has 0 atom stereocenters. The Kier molecular flexibility index (Phi) is 9.80. The molecule has 0 aliphatic heterocycles. The van der Waals surface area contributed by atoms with Gasteiger partial charge in [-0.1, -0.05) is 33.1 Å². The lowest BCUT2D eigenvalue weighted by atomic mass is 10.2. The first-order valence-corrected chi connectivity index (χ1v) is 10.7. The number of hydrogen-bond donors (Lipinski definition) is 3. The van der Waals surface area contributed by atoms with Crippen LogP contribution in [0.3, 0.4) is 0 Å². The highest BCUT2D eigenvalue weighted by atomic mass is 32.1. The Bertz CT molecular complexity index is 836. The van der Waals surface area contributed by atoms with Crippen molar-refractivity contribution >= 4 is 40.5 Å². The summed E-state index contributed by atoms with van der Waals surface area (Å²) in [5.41, 5.74) is 1.91. The molecule has 2 amide bonds. The van der Waals surface area contributed by atoms with E-state index in [4.69, 9.17) is 17.0 Å². The zero-order chi connectivity index (χ0) is 21.8. The summed E-state index contributed by atoms with van der Waals surface area (Å²) in [5, 5.41) is 8.58. The van der Waals surface area contributed by atoms with Crippen molar-refractivity contribution in [1.82, 2.24) is 5.32 Å². The van der Waals surface area contributed by atoms with Crippen LogP contribution in [0.15, 0.2) is 48.5 Å². The van der Waals surface area contributed by atoms with Crippen molar-refractivity contribution in [2.75, 3.05) is 17.2 Å². The van der Waals surface area contributed by atoms with E-state index in [1.54, 1.807) is 55.5 Å². The highest BCUT2D eigenvalue weighted by Gasteiger charge is 2.08. The zero-order valence-electron chi connectivity index (χ0n) is 17.5. The molecule has 6 nitrogen and oxygen atoms in total. The molecule has 2 rings (SSSR count). The van der Waals surface area contributed by atoms with Crippen molar-refractivity contribution in [2.24, 2.45) is 0 Å². The number of benzene rings is 2. The van der Waals surface area contributed by atoms with Gasteiger partial charge in [0.2, 0.25) is 5.91 Å². The van der Waals surface area contributed by atoms with E-state index in [9.17, 15) is 9.59 Å². The van der Waals surface area contributed by atoms with Crippen LogP contribution in [0, 0.1) is 0 Å². The van der Waals surface area contributed by atoms with Crippen LogP contribution in [0.2, 0.25) is 0 Å². The van der Waals surface area contributed by atoms with Gasteiger partial charge in [0.25, 0.3) is 5.91 Å². The van der Waals surface area contributed by atoms with Crippen molar-refractivity contribution in [3.8, 4) is 5.75 Å². The molecule has 0 aliphatic rings. The number of anilines is 2. The standard InChI is InChI=1S/C23H29N3O3S/c1-3-5-6-7-16-29-20-14-8-17(9-15-20)22(28)26-23(30)25-19-12-10-18(11-13-19)24-21(27)4-2/h8-15H,3-7,16H2,1-2H3,(H,24,27)(H2,25,26,28,30). The highest BCUT2D eigenvalue weighted by Crippen LogP contribution is 2.15. The normalized spacial score (nSPS) is 10.2. The molecule has 0 heterocycles. The van der Waals surface area contributed by atoms with Crippen LogP contribution < -0.4 is 20.7 Å². The molecule has 0 unspecified atom stereocenters. The van der Waals surface area contributed by atoms with Crippen molar-refractivity contribution in [1.29, 1.82) is 0 Å². The Hall–Kier alpha value is -2.93. The van der Waals surface area contributed by atoms with Crippen molar-refractivity contribution < 1.29 is 14.3 Å². The van der Waals surface area contributed by atoms with Crippen LogP contribution in [-0.2, 0) is 4.79 Å². The van der Waals surface area contributed by atoms with Crippen molar-refractivity contribution in [2.45, 2.75) is 46.0 Å². The molecular weight excluding hydrogens is 398 g/mol. The number of unbranched alkanes of at least 4 members (excludes halogenated alkanes) is 3. The maximum absolute atomic E-state index is 12.4. The second-order valence-electron chi connectivity index (χ2n) is 6.82. The largest absolute Gasteiger partial charge is 0.494 e. The van der Waals surface area contributed by atoms with Crippen molar-refractivity contribution in [3.63, 3.8) is 0 Å². The molecule has 0 radical (unpaired) electrons. The monoisotopic (exact) mass is 427 g/mol. The van der Waals surface area contributed by atoms with Crippen LogP contribution >= 0.6 is 12.2 Å². The predicted molar refractivity (Wildman–Crippen MR) is 125 cm³/mol. The maximum atomic E-state index is 12.4. The Balaban J connectivity index is 1.79. The predicted octanol–water partition coefficient (Wildman–Crippen LogP) is 5.12. The number of carbonyl (C=O) groups excluding carboxylic acids is 2. The van der Waals surface area contributed by atoms with E-state index in [-0.39, 0.29) is 16.9 Å². The average Bonchev–Trinajstić information content (AvgIpc) is 2.75. The van der Waals surface area contributed by atoms with E-state index in [1.165, 1.54) is 12.8 Å². The number of rotatable bonds is 10. The maximum Gasteiger partial charge on any atom is 0.257 e. The van der Waals surface area contributed by atoms with Gasteiger partial charge in [0.05, 0.1) is 6.61 Å². The van der Waals surface area contributed by atoms with Crippen molar-refractivity contribution in [3.05, 3.63) is 54.1 Å². The van der Waals surface area contributed by atoms with Crippen LogP contribution in [0.4, 0.5) is 11.4 Å². The molecule has 0 fully saturated rings. The van der Waals surface area contributed by atoms with E-state index >= 15 is 0 Å². The van der Waals surface area contributed by atoms with Crippen LogP contribution in [0.25, 0.3) is 0 Å². The van der Waals surface area contributed by atoms with E-state index in [0.717, 1.165) is 18.6 Å². The minimum absolute atomic E-state index is 0.0496. The number of nitrogens with one attached hydrogen (secondary N) is 3. The van der Waals surface area contributed by atoms with Gasteiger partial charge in [-0.2, -0.15) is 0 Å². The quantitative estimate of drug-likeness (QED) is 0.362. The lowest BCUT2D eigenvalue weighted by Gasteiger charge is -2.11. The van der Waals surface area contributed by atoms with Gasteiger partial charge in [-0.25, -0.2) is 0 Å². The summed E-state index contributed by atoms with van der Waals surface area (Å²) in [6.45, 7) is 4.65. The number of carbonyl (C=O) groups is 2. The topological polar surface area (TPSA) is 79.5 Å². The van der Waals surface area contributed by atoms with Gasteiger partial charge in [0.1, 0.15) is 5.75 Å². The first-order chi connectivity index (χ1) is 14.5. The molecule has 160 valence electrons. The molecule has 0 aliphatic carbocycles. The Labute approximate surface area is 183 Å². The van der Waals surface area contributed by atoms with E-state index in [2.05, 4.69) is 22.9 Å². The molecule has 0 aromatic heterocycles. The number of ether oxygens (including phenoxy) is 1. The summed E-state index contributed by atoms with van der Waals surface area (Å²) in [7, 11) is 0. The molecule has 0 saturated carbocycles. The summed E-state index contributed by atoms with van der Waals surface area (Å²) in [5.74, 6) is 0.402. The van der Waals surface area contributed by atoms with Crippen LogP contribution in [0.1, 0.15) is 56.3 Å². The fourth-order valence-electron chi connectivity index (χ4n) is 2.65. The third kappa shape index (κ3) is 8.21. The minimum Gasteiger partial charge on any atom is -0.494 e. The van der Waals surface area contributed by atoms with Gasteiger partial charge < -0.3 is 15.4 Å². The molecule has 2 aromatic rings. The van der Waals surface area contributed by atoms with Crippen LogP contribution in [0.5, 0.6) is 5.75 Å². The van der Waals surface area contributed by atoms with Gasteiger partial charge in [0, 0.05) is 23.4 Å². The lowest BCUT2D eigenvalue weighted by Crippen LogP contribution is -2.34. The summed E-state index contributed by atoms with van der Waals surface area (Å²) >= 11 is 5.21. The fourth-order valence-corrected chi connectivity index (χ4v) is 2.86. The van der Waals surface area contributed by atoms with Gasteiger partial charge in [-0.05, 0) is 67.2 Å². The lowest BCUT2D eigenvalue weighted by molar-refractivity contribution is -0.115. The van der Waals surface area contributed by atoms with Crippen LogP contribution in [-0.4, -0.2) is 23.5 Å². The molecule has 0 bridgehead atoms. The first kappa shape index (κ1) is 23.3. The highest BCUT2D eigenvalue weighted by molar-refractivity contribution is 7.80. The number of amides is 2. The zero-order valence-corrected chi connectivity index (χ0v) is 18.3. The SMILES string of the molecule is CCCCCCOc1ccc(C(=O)NC(=S)Nc2ccc(NC(=O)CC)cc2)cc1. The fraction of sp³-hybridized carbons (Fsp3) is 0.348. The summed E-state index contributed by atoms with van der Waals surface area (Å²) in [4.78, 5) is 23.8. The number of hydrogen-bond acceptors (Lipinski definition) is 4. The Morgan fingerprint density at radius 1 is 0.867 bits per heavy atom. The van der Waals surface area contributed by atoms with Gasteiger partial charge in [-0.15, -0.1) is 0 Å². The third-order valence-electron chi connectivity index (χ3n) is 4.36. The molecule has 3 N–H and O–H groups in total. The number of thiocarbonyl (C=S) groups is 1. The average molecular weight is 428 g/mol. The summed E-state index contributed by atoms with van der Waals surface area (Å²) in [6.07, 6.45) is 5.03. The second kappa shape index (κ2) is 12.6. The summed E-state index contributed by atoms with van der Waals surface area (Å²) in [6, 6.07) is 14.1. The summed E-state index contributed by atoms with van der Waals surface area (Å²) < 4.78 is 5.69. The molecular formula is C23H29N3O3S. The van der Waals surface area contributed by atoms with E-state index < -0.39 is 0 Å². The first-order valence-electron chi connectivity index (χ1n) is 10.3. The van der Waals surface area contributed by atoms with Gasteiger partial charge in [0.15, 0.2) is 5.11 Å². The Morgan fingerprint density at radius 2 is 1.50 bits per heavy atom. The van der Waals surface area contributed by atoms with E-state index in [1.807, 2.05) is 0 Å². The van der Waals surface area contributed by atoms with Gasteiger partial charge >= 0.3 is 0 Å². The van der Waals surface area contributed by atoms with Gasteiger partial charge in [-0.3, -0.25) is 14.9 Å². The smallest absolute Gasteiger partial charge is 0.257 e. The molecule has 30 heavy (non-hydrogen) atoms. The second-order valence-corrected chi connectivity index (χ2v) is 7.23. The molecule has 0 spiro atoms. The minimum atomic E-state index is -0.297. The Morgan fingerprint density at radius 3 is 2.10 bits per heavy atom. The molecule has 2 aromatic carbocycles.